The lowest BCUT2D eigenvalue weighted by molar-refractivity contribution is 0.0785. The van der Waals surface area contributed by atoms with Gasteiger partial charge in [0.15, 0.2) is 0 Å². The number of carbonyl (C=O) groups excluding carboxylic acids is 1. The molecule has 88 valence electrons. The van der Waals surface area contributed by atoms with E-state index < -0.39 is 28.9 Å². The number of nitrogens with zero attached hydrogens (tertiary/aromatic N) is 1. The van der Waals surface area contributed by atoms with Gasteiger partial charge in [0.2, 0.25) is 0 Å². The minimum Gasteiger partial charge on any atom is -0.342 e. The molecule has 0 saturated heterocycles. The summed E-state index contributed by atoms with van der Waals surface area (Å²) in [6.07, 6.45) is 0.673. The summed E-state index contributed by atoms with van der Waals surface area (Å²) >= 11 is 0. The van der Waals surface area contributed by atoms with E-state index in [2.05, 4.69) is 0 Å². The summed E-state index contributed by atoms with van der Waals surface area (Å²) in [6.45, 7) is 2.22. The smallest absolute Gasteiger partial charge is 0.259 e. The number of rotatable bonds is 3. The average molecular weight is 231 g/mol. The molecule has 2 nitrogen and oxygen atoms in total. The highest BCUT2D eigenvalue weighted by molar-refractivity contribution is 5.94. The van der Waals surface area contributed by atoms with Crippen molar-refractivity contribution in [2.75, 3.05) is 13.6 Å². The monoisotopic (exact) mass is 231 g/mol. The van der Waals surface area contributed by atoms with Crippen molar-refractivity contribution in [3.63, 3.8) is 0 Å². The first-order valence-corrected chi connectivity index (χ1v) is 4.87. The molecule has 0 aliphatic heterocycles. The maximum atomic E-state index is 13.2. The maximum Gasteiger partial charge on any atom is 0.259 e. The van der Waals surface area contributed by atoms with E-state index >= 15 is 0 Å². The standard InChI is InChI=1S/C11H12F3NO/c1-3-4-15(2)11(16)10-8(13)5-7(12)6-9(10)14/h5-6H,3-4H2,1-2H3. The van der Waals surface area contributed by atoms with Crippen molar-refractivity contribution >= 4 is 5.91 Å². The van der Waals surface area contributed by atoms with Gasteiger partial charge in [-0.1, -0.05) is 6.92 Å². The summed E-state index contributed by atoms with van der Waals surface area (Å²) in [5, 5.41) is 0. The lowest BCUT2D eigenvalue weighted by atomic mass is 10.1. The predicted molar refractivity (Wildman–Crippen MR) is 53.6 cm³/mol. The summed E-state index contributed by atoms with van der Waals surface area (Å²) in [4.78, 5) is 12.8. The number of amides is 1. The van der Waals surface area contributed by atoms with Gasteiger partial charge in [-0.05, 0) is 6.42 Å². The van der Waals surface area contributed by atoms with Gasteiger partial charge in [-0.25, -0.2) is 13.2 Å². The molecule has 1 amide bonds. The van der Waals surface area contributed by atoms with Crippen LogP contribution in [-0.2, 0) is 0 Å². The van der Waals surface area contributed by atoms with E-state index in [0.717, 1.165) is 0 Å². The molecule has 0 heterocycles. The number of halogens is 3. The number of benzene rings is 1. The highest BCUT2D eigenvalue weighted by atomic mass is 19.1. The molecule has 5 heteroatoms. The van der Waals surface area contributed by atoms with Crippen LogP contribution < -0.4 is 0 Å². The fourth-order valence-electron chi connectivity index (χ4n) is 1.37. The van der Waals surface area contributed by atoms with Gasteiger partial charge in [0.1, 0.15) is 23.0 Å². The normalized spacial score (nSPS) is 10.3. The minimum atomic E-state index is -1.18. The van der Waals surface area contributed by atoms with Crippen LogP contribution in [0, 0.1) is 17.5 Å². The molecule has 0 saturated carbocycles. The second kappa shape index (κ2) is 5.01. The summed E-state index contributed by atoms with van der Waals surface area (Å²) in [5.74, 6) is -4.17. The lowest BCUT2D eigenvalue weighted by Gasteiger charge is -2.16. The Hall–Kier alpha value is -1.52. The summed E-state index contributed by atoms with van der Waals surface area (Å²) < 4.78 is 39.1. The molecular weight excluding hydrogens is 219 g/mol. The second-order valence-electron chi connectivity index (χ2n) is 3.47. The zero-order valence-electron chi connectivity index (χ0n) is 9.06. The van der Waals surface area contributed by atoms with Crippen LogP contribution in [0.2, 0.25) is 0 Å². The van der Waals surface area contributed by atoms with Crippen LogP contribution in [0.15, 0.2) is 12.1 Å². The average Bonchev–Trinajstić information content (AvgIpc) is 2.16. The molecule has 0 N–H and O–H groups in total. The van der Waals surface area contributed by atoms with Gasteiger partial charge in [0.25, 0.3) is 5.91 Å². The van der Waals surface area contributed by atoms with Crippen molar-refractivity contribution in [2.24, 2.45) is 0 Å². The van der Waals surface area contributed by atoms with Crippen LogP contribution in [0.25, 0.3) is 0 Å². The zero-order chi connectivity index (χ0) is 12.3. The molecule has 16 heavy (non-hydrogen) atoms. The molecule has 0 aliphatic rings. The zero-order valence-corrected chi connectivity index (χ0v) is 9.06. The van der Waals surface area contributed by atoms with E-state index in [1.54, 1.807) is 0 Å². The second-order valence-corrected chi connectivity index (χ2v) is 3.47. The summed E-state index contributed by atoms with van der Waals surface area (Å²) in [5.41, 5.74) is -0.711. The van der Waals surface area contributed by atoms with Crippen LogP contribution >= 0.6 is 0 Å². The number of hydrogen-bond donors (Lipinski definition) is 0. The molecule has 0 aromatic heterocycles. The van der Waals surface area contributed by atoms with Crippen molar-refractivity contribution in [2.45, 2.75) is 13.3 Å². The van der Waals surface area contributed by atoms with Crippen LogP contribution in [0.3, 0.4) is 0 Å². The van der Waals surface area contributed by atoms with Crippen LogP contribution in [-0.4, -0.2) is 24.4 Å². The highest BCUT2D eigenvalue weighted by Crippen LogP contribution is 2.16. The van der Waals surface area contributed by atoms with Gasteiger partial charge < -0.3 is 4.90 Å². The van der Waals surface area contributed by atoms with E-state index in [9.17, 15) is 18.0 Å². The topological polar surface area (TPSA) is 20.3 Å². The fraction of sp³-hybridized carbons (Fsp3) is 0.364. The van der Waals surface area contributed by atoms with Crippen LogP contribution in [0.4, 0.5) is 13.2 Å². The molecular formula is C11H12F3NO. The Morgan fingerprint density at radius 3 is 2.19 bits per heavy atom. The summed E-state index contributed by atoms with van der Waals surface area (Å²) in [7, 11) is 1.44. The third kappa shape index (κ3) is 2.53. The lowest BCUT2D eigenvalue weighted by Crippen LogP contribution is -2.29. The van der Waals surface area contributed by atoms with E-state index in [-0.39, 0.29) is 0 Å². The summed E-state index contributed by atoms with van der Waals surface area (Å²) in [6, 6.07) is 0.992. The fourth-order valence-corrected chi connectivity index (χ4v) is 1.37. The molecule has 0 radical (unpaired) electrons. The van der Waals surface area contributed by atoms with Gasteiger partial charge in [-0.3, -0.25) is 4.79 Å². The third-order valence-electron chi connectivity index (χ3n) is 2.13. The minimum absolute atomic E-state index is 0.384. The molecule has 1 aromatic carbocycles. The molecule has 0 spiro atoms. The van der Waals surface area contributed by atoms with Gasteiger partial charge in [-0.2, -0.15) is 0 Å². The largest absolute Gasteiger partial charge is 0.342 e. The molecule has 1 rings (SSSR count). The van der Waals surface area contributed by atoms with Gasteiger partial charge in [0.05, 0.1) is 0 Å². The van der Waals surface area contributed by atoms with Crippen molar-refractivity contribution in [1.29, 1.82) is 0 Å². The Kier molecular flexibility index (Phi) is 3.93. The molecule has 0 unspecified atom stereocenters. The first-order valence-electron chi connectivity index (χ1n) is 4.87. The van der Waals surface area contributed by atoms with Gasteiger partial charge in [0, 0.05) is 25.7 Å². The third-order valence-corrected chi connectivity index (χ3v) is 2.13. The first-order chi connectivity index (χ1) is 7.47. The predicted octanol–water partition coefficient (Wildman–Crippen LogP) is 2.59. The molecule has 0 atom stereocenters. The van der Waals surface area contributed by atoms with E-state index in [1.165, 1.54) is 11.9 Å². The Morgan fingerprint density at radius 1 is 1.25 bits per heavy atom. The van der Waals surface area contributed by atoms with Gasteiger partial charge in [-0.15, -0.1) is 0 Å². The Labute approximate surface area is 91.7 Å². The van der Waals surface area contributed by atoms with Crippen LogP contribution in [0.5, 0.6) is 0 Å². The highest BCUT2D eigenvalue weighted by Gasteiger charge is 2.21. The van der Waals surface area contributed by atoms with Gasteiger partial charge >= 0.3 is 0 Å². The van der Waals surface area contributed by atoms with Crippen molar-refractivity contribution in [3.05, 3.63) is 35.1 Å². The number of hydrogen-bond acceptors (Lipinski definition) is 1. The van der Waals surface area contributed by atoms with Crippen molar-refractivity contribution < 1.29 is 18.0 Å². The Balaban J connectivity index is 3.08. The van der Waals surface area contributed by atoms with Crippen LogP contribution in [0.1, 0.15) is 23.7 Å². The molecule has 0 bridgehead atoms. The maximum absolute atomic E-state index is 13.2. The SMILES string of the molecule is CCCN(C)C(=O)c1c(F)cc(F)cc1F. The van der Waals surface area contributed by atoms with E-state index in [4.69, 9.17) is 0 Å². The Morgan fingerprint density at radius 2 is 1.75 bits per heavy atom. The molecule has 0 fully saturated rings. The van der Waals surface area contributed by atoms with E-state index in [0.29, 0.717) is 25.1 Å². The quantitative estimate of drug-likeness (QED) is 0.783. The first kappa shape index (κ1) is 12.5. The Bertz CT molecular complexity index is 383. The molecule has 0 aliphatic carbocycles. The van der Waals surface area contributed by atoms with Crippen molar-refractivity contribution in [3.8, 4) is 0 Å². The molecule has 1 aromatic rings. The number of carbonyl (C=O) groups is 1. The van der Waals surface area contributed by atoms with E-state index in [1.807, 2.05) is 6.92 Å². The van der Waals surface area contributed by atoms with Crippen molar-refractivity contribution in [1.82, 2.24) is 4.90 Å².